The molecule has 0 unspecified atom stereocenters. The van der Waals surface area contributed by atoms with E-state index in [1.807, 2.05) is 0 Å². The van der Waals surface area contributed by atoms with Crippen LogP contribution in [-0.4, -0.2) is 51.1 Å². The van der Waals surface area contributed by atoms with Gasteiger partial charge in [0.05, 0.1) is 16.0 Å². The summed E-state index contributed by atoms with van der Waals surface area (Å²) in [6, 6.07) is 14.9. The van der Waals surface area contributed by atoms with Crippen molar-refractivity contribution >= 4 is 55.1 Å². The molecule has 4 aromatic heterocycles. The Morgan fingerprint density at radius 2 is 1.46 bits per heavy atom. The molecule has 1 N–H and O–H groups in total. The maximum absolute atomic E-state index is 13.5. The van der Waals surface area contributed by atoms with E-state index in [0.29, 0.717) is 27.5 Å². The summed E-state index contributed by atoms with van der Waals surface area (Å²) in [6.07, 6.45) is 6.11. The molecule has 0 atom stereocenters. The van der Waals surface area contributed by atoms with Gasteiger partial charge in [0.1, 0.15) is 5.65 Å². The second kappa shape index (κ2) is 7.47. The predicted molar refractivity (Wildman–Crippen MR) is 129 cm³/mol. The van der Waals surface area contributed by atoms with Crippen LogP contribution >= 0.6 is 0 Å². The zero-order valence-electron chi connectivity index (χ0n) is 18.3. The van der Waals surface area contributed by atoms with Gasteiger partial charge in [0, 0.05) is 53.7 Å². The van der Waals surface area contributed by atoms with Crippen molar-refractivity contribution in [1.29, 1.82) is 0 Å². The summed E-state index contributed by atoms with van der Waals surface area (Å²) < 4.78 is 28.1. The Morgan fingerprint density at radius 3 is 2.20 bits per heavy atom. The maximum atomic E-state index is 13.5. The Bertz CT molecular complexity index is 1820. The summed E-state index contributed by atoms with van der Waals surface area (Å²) in [6.45, 7) is 0. The molecule has 172 valence electrons. The molecular formula is C25H17N5O4S. The van der Waals surface area contributed by atoms with Gasteiger partial charge >= 0.3 is 0 Å². The Balaban J connectivity index is 1.68. The topological polar surface area (TPSA) is 118 Å². The van der Waals surface area contributed by atoms with Crippen molar-refractivity contribution in [3.05, 3.63) is 90.5 Å². The number of hydrogen-bond acceptors (Lipinski definition) is 6. The number of rotatable bonds is 4. The van der Waals surface area contributed by atoms with E-state index < -0.39 is 21.8 Å². The quantitative estimate of drug-likeness (QED) is 0.393. The molecular weight excluding hydrogens is 466 g/mol. The number of amides is 2. The average Bonchev–Trinajstić information content (AvgIpc) is 3.54. The first-order valence-electron chi connectivity index (χ1n) is 10.7. The van der Waals surface area contributed by atoms with Gasteiger partial charge in [0.25, 0.3) is 21.8 Å². The number of fused-ring (bicyclic) bond motifs is 2. The largest absolute Gasteiger partial charge is 0.346 e. The number of hydrogen-bond donors (Lipinski definition) is 1. The Labute approximate surface area is 199 Å². The SMILES string of the molecule is CN1C(=O)C(c2c[nH]c3ncccc23)=C(c2cn(S(=O)(=O)c3ccccc3)c3ncccc23)C1=O. The second-order valence-electron chi connectivity index (χ2n) is 8.05. The molecule has 6 rings (SSSR count). The number of benzene rings is 1. The van der Waals surface area contributed by atoms with E-state index in [1.54, 1.807) is 54.9 Å². The summed E-state index contributed by atoms with van der Waals surface area (Å²) >= 11 is 0. The molecule has 5 heterocycles. The van der Waals surface area contributed by atoms with Crippen LogP contribution in [0.2, 0.25) is 0 Å². The molecule has 0 fully saturated rings. The third-order valence-corrected chi connectivity index (χ3v) is 7.77. The minimum absolute atomic E-state index is 0.0805. The zero-order valence-corrected chi connectivity index (χ0v) is 19.2. The number of carbonyl (C=O) groups is 2. The summed E-state index contributed by atoms with van der Waals surface area (Å²) in [5.74, 6) is -1.01. The van der Waals surface area contributed by atoms with Crippen LogP contribution in [0.4, 0.5) is 0 Å². The number of H-pyrrole nitrogens is 1. The molecule has 0 spiro atoms. The third kappa shape index (κ3) is 2.96. The van der Waals surface area contributed by atoms with E-state index in [9.17, 15) is 18.0 Å². The predicted octanol–water partition coefficient (Wildman–Crippen LogP) is 3.06. The molecule has 5 aromatic rings. The van der Waals surface area contributed by atoms with E-state index in [0.717, 1.165) is 8.87 Å². The summed E-state index contributed by atoms with van der Waals surface area (Å²) in [7, 11) is -2.61. The molecule has 0 bridgehead atoms. The van der Waals surface area contributed by atoms with Crippen molar-refractivity contribution < 1.29 is 18.0 Å². The molecule has 1 aromatic carbocycles. The van der Waals surface area contributed by atoms with Crippen LogP contribution < -0.4 is 0 Å². The van der Waals surface area contributed by atoms with Crippen molar-refractivity contribution in [2.24, 2.45) is 0 Å². The van der Waals surface area contributed by atoms with E-state index in [2.05, 4.69) is 15.0 Å². The van der Waals surface area contributed by atoms with Crippen LogP contribution in [0.3, 0.4) is 0 Å². The molecule has 9 nitrogen and oxygen atoms in total. The maximum Gasteiger partial charge on any atom is 0.269 e. The molecule has 0 saturated carbocycles. The fourth-order valence-corrected chi connectivity index (χ4v) is 5.77. The first kappa shape index (κ1) is 21.0. The second-order valence-corrected chi connectivity index (χ2v) is 9.87. The molecule has 10 heteroatoms. The van der Waals surface area contributed by atoms with E-state index >= 15 is 0 Å². The van der Waals surface area contributed by atoms with Gasteiger partial charge < -0.3 is 4.98 Å². The van der Waals surface area contributed by atoms with Gasteiger partial charge in [-0.1, -0.05) is 18.2 Å². The lowest BCUT2D eigenvalue weighted by Crippen LogP contribution is -2.26. The van der Waals surface area contributed by atoms with Crippen LogP contribution in [0.1, 0.15) is 11.1 Å². The van der Waals surface area contributed by atoms with Gasteiger partial charge in [-0.3, -0.25) is 14.5 Å². The number of aromatic nitrogens is 4. The van der Waals surface area contributed by atoms with E-state index in [-0.39, 0.29) is 21.7 Å². The lowest BCUT2D eigenvalue weighted by Gasteiger charge is -2.06. The highest BCUT2D eigenvalue weighted by Gasteiger charge is 2.40. The molecule has 1 aliphatic heterocycles. The van der Waals surface area contributed by atoms with Crippen LogP contribution in [0.5, 0.6) is 0 Å². The first-order chi connectivity index (χ1) is 16.9. The van der Waals surface area contributed by atoms with Gasteiger partial charge in [0.15, 0.2) is 5.65 Å². The van der Waals surface area contributed by atoms with Crippen molar-refractivity contribution in [3.8, 4) is 0 Å². The van der Waals surface area contributed by atoms with Gasteiger partial charge in [0.2, 0.25) is 0 Å². The normalized spacial score (nSPS) is 14.6. The number of pyridine rings is 2. The minimum Gasteiger partial charge on any atom is -0.346 e. The number of imide groups is 1. The number of aromatic amines is 1. The van der Waals surface area contributed by atoms with Gasteiger partial charge in [-0.15, -0.1) is 0 Å². The fourth-order valence-electron chi connectivity index (χ4n) is 4.42. The van der Waals surface area contributed by atoms with Crippen LogP contribution in [0.25, 0.3) is 33.2 Å². The minimum atomic E-state index is -4.02. The number of carbonyl (C=O) groups excluding carboxylic acids is 2. The standard InChI is InChI=1S/C25H17N5O4S/c1-29-24(31)20(18-13-28-22-16(18)9-5-11-26-22)21(25(29)32)19-14-30(23-17(19)10-6-12-27-23)35(33,34)15-7-3-2-4-8-15/h2-14H,1H3,(H,26,28). The summed E-state index contributed by atoms with van der Waals surface area (Å²) in [4.78, 5) is 39.4. The van der Waals surface area contributed by atoms with Gasteiger partial charge in [-0.05, 0) is 36.4 Å². The zero-order chi connectivity index (χ0) is 24.3. The fraction of sp³-hybridized carbons (Fsp3) is 0.0400. The van der Waals surface area contributed by atoms with Crippen molar-refractivity contribution in [3.63, 3.8) is 0 Å². The highest BCUT2D eigenvalue weighted by atomic mass is 32.2. The molecule has 0 aliphatic carbocycles. The highest BCUT2D eigenvalue weighted by Crippen LogP contribution is 2.40. The van der Waals surface area contributed by atoms with Crippen LogP contribution in [-0.2, 0) is 19.6 Å². The van der Waals surface area contributed by atoms with Gasteiger partial charge in [-0.2, -0.15) is 0 Å². The molecule has 0 saturated heterocycles. The van der Waals surface area contributed by atoms with E-state index in [1.165, 1.54) is 31.6 Å². The number of nitrogens with zero attached hydrogens (tertiary/aromatic N) is 4. The number of nitrogens with one attached hydrogen (secondary N) is 1. The lowest BCUT2D eigenvalue weighted by atomic mass is 9.96. The van der Waals surface area contributed by atoms with Crippen molar-refractivity contribution in [2.45, 2.75) is 4.90 Å². The molecule has 0 radical (unpaired) electrons. The smallest absolute Gasteiger partial charge is 0.269 e. The Kier molecular flexibility index (Phi) is 4.48. The van der Waals surface area contributed by atoms with Crippen LogP contribution in [0.15, 0.2) is 84.3 Å². The third-order valence-electron chi connectivity index (χ3n) is 6.11. The monoisotopic (exact) mass is 483 g/mol. The van der Waals surface area contributed by atoms with Crippen molar-refractivity contribution in [2.75, 3.05) is 7.05 Å². The molecule has 35 heavy (non-hydrogen) atoms. The first-order valence-corrected chi connectivity index (χ1v) is 12.1. The summed E-state index contributed by atoms with van der Waals surface area (Å²) in [5, 5.41) is 1.11. The lowest BCUT2D eigenvalue weighted by molar-refractivity contribution is -0.134. The number of likely N-dealkylation sites (N-methyl/N-ethyl adjacent to an activating group) is 1. The molecule has 2 amide bonds. The molecule has 1 aliphatic rings. The summed E-state index contributed by atoms with van der Waals surface area (Å²) in [5.41, 5.74) is 1.84. The Morgan fingerprint density at radius 1 is 0.800 bits per heavy atom. The van der Waals surface area contributed by atoms with Crippen molar-refractivity contribution in [1.82, 2.24) is 23.8 Å². The van der Waals surface area contributed by atoms with Gasteiger partial charge in [-0.25, -0.2) is 22.4 Å². The highest BCUT2D eigenvalue weighted by molar-refractivity contribution is 7.90. The Hall–Kier alpha value is -4.57. The van der Waals surface area contributed by atoms with Crippen LogP contribution in [0, 0.1) is 0 Å². The average molecular weight is 484 g/mol. The van der Waals surface area contributed by atoms with E-state index in [4.69, 9.17) is 0 Å².